The molecule has 0 rings (SSSR count). The highest BCUT2D eigenvalue weighted by Crippen LogP contribution is 2.13. The number of alkyl halides is 2. The van der Waals surface area contributed by atoms with Gasteiger partial charge in [0.05, 0.1) is 0 Å². The van der Waals surface area contributed by atoms with Gasteiger partial charge in [0.2, 0.25) is 0 Å². The van der Waals surface area contributed by atoms with Crippen LogP contribution in [0.3, 0.4) is 0 Å². The van der Waals surface area contributed by atoms with Crippen molar-refractivity contribution in [2.75, 3.05) is 0 Å². The summed E-state index contributed by atoms with van der Waals surface area (Å²) >= 11 is 0. The van der Waals surface area contributed by atoms with Crippen molar-refractivity contribution < 1.29 is 13.6 Å². The molecule has 0 radical (unpaired) electrons. The summed E-state index contributed by atoms with van der Waals surface area (Å²) < 4.78 is 24.5. The van der Waals surface area contributed by atoms with Gasteiger partial charge in [-0.2, -0.15) is 8.78 Å². The van der Waals surface area contributed by atoms with E-state index in [-0.39, 0.29) is 0 Å². The van der Waals surface area contributed by atoms with Gasteiger partial charge in [-0.3, -0.25) is 4.79 Å². The lowest BCUT2D eigenvalue weighted by Gasteiger charge is -2.22. The lowest BCUT2D eigenvalue weighted by atomic mass is 10.1. The molecule has 1 N–H and O–H groups in total. The molecule has 0 fully saturated rings. The van der Waals surface area contributed by atoms with Gasteiger partial charge in [-0.15, -0.1) is 0 Å². The number of halogens is 2. The van der Waals surface area contributed by atoms with Gasteiger partial charge >= 0.3 is 5.92 Å². The third-order valence-corrected chi connectivity index (χ3v) is 0.887. The fourth-order valence-electron chi connectivity index (χ4n) is 0.450. The van der Waals surface area contributed by atoms with Gasteiger partial charge in [-0.25, -0.2) is 0 Å². The Bertz CT molecular complexity index is 155. The van der Waals surface area contributed by atoms with E-state index in [0.29, 0.717) is 6.92 Å². The van der Waals surface area contributed by atoms with Crippen LogP contribution in [-0.2, 0) is 4.79 Å². The summed E-state index contributed by atoms with van der Waals surface area (Å²) in [5.41, 5.74) is -0.601. The average Bonchev–Trinajstić information content (AvgIpc) is 1.56. The Labute approximate surface area is 65.0 Å². The molecular weight excluding hydrogens is 152 g/mol. The Balaban J connectivity index is 4.11. The normalized spacial score (nSPS) is 12.9. The Hall–Kier alpha value is -0.670. The van der Waals surface area contributed by atoms with Crippen LogP contribution >= 0.6 is 0 Å². The van der Waals surface area contributed by atoms with Crippen LogP contribution in [0.1, 0.15) is 27.7 Å². The molecule has 1 amide bonds. The van der Waals surface area contributed by atoms with E-state index < -0.39 is 17.4 Å². The molecule has 0 aromatic heterocycles. The van der Waals surface area contributed by atoms with Gasteiger partial charge < -0.3 is 5.32 Å². The molecule has 4 heteroatoms. The maximum Gasteiger partial charge on any atom is 0.321 e. The highest BCUT2D eigenvalue weighted by molar-refractivity contribution is 5.83. The molecule has 0 unspecified atom stereocenters. The largest absolute Gasteiger partial charge is 0.346 e. The lowest BCUT2D eigenvalue weighted by Crippen LogP contribution is -2.47. The van der Waals surface area contributed by atoms with Crippen LogP contribution in [0.5, 0.6) is 0 Å². The summed E-state index contributed by atoms with van der Waals surface area (Å²) in [6.45, 7) is 5.53. The molecule has 11 heavy (non-hydrogen) atoms. The van der Waals surface area contributed by atoms with Crippen molar-refractivity contribution in [3.05, 3.63) is 0 Å². The summed E-state index contributed by atoms with van der Waals surface area (Å²) in [5, 5.41) is 2.17. The van der Waals surface area contributed by atoms with Crippen LogP contribution < -0.4 is 5.32 Å². The SMILES string of the molecule is CC(C)(C)NC(=O)C(C)(F)F. The summed E-state index contributed by atoms with van der Waals surface area (Å²) in [5.74, 6) is -4.52. The molecule has 0 aliphatic heterocycles. The molecule has 0 aromatic carbocycles. The quantitative estimate of drug-likeness (QED) is 0.627. The summed E-state index contributed by atoms with van der Waals surface area (Å²) in [6, 6.07) is 0. The first kappa shape index (κ1) is 10.3. The average molecular weight is 165 g/mol. The van der Waals surface area contributed by atoms with Gasteiger partial charge in [0.25, 0.3) is 5.91 Å². The first-order valence-electron chi connectivity index (χ1n) is 3.33. The molecule has 0 saturated carbocycles. The zero-order chi connectivity index (χ0) is 9.28. The molecular formula is C7H13F2NO. The third kappa shape index (κ3) is 4.70. The fraction of sp³-hybridized carbons (Fsp3) is 0.857. The zero-order valence-electron chi connectivity index (χ0n) is 7.16. The monoisotopic (exact) mass is 165 g/mol. The van der Waals surface area contributed by atoms with Crippen molar-refractivity contribution in [1.82, 2.24) is 5.32 Å². The van der Waals surface area contributed by atoms with Crippen LogP contribution in [-0.4, -0.2) is 17.4 Å². The fourth-order valence-corrected chi connectivity index (χ4v) is 0.450. The zero-order valence-corrected chi connectivity index (χ0v) is 7.16. The second kappa shape index (κ2) is 2.75. The predicted molar refractivity (Wildman–Crippen MR) is 38.5 cm³/mol. The second-order valence-electron chi connectivity index (χ2n) is 3.59. The van der Waals surface area contributed by atoms with E-state index in [1.165, 1.54) is 0 Å². The number of hydrogen-bond acceptors (Lipinski definition) is 1. The van der Waals surface area contributed by atoms with Crippen LogP contribution in [0.4, 0.5) is 8.78 Å². The lowest BCUT2D eigenvalue weighted by molar-refractivity contribution is -0.144. The van der Waals surface area contributed by atoms with Crippen LogP contribution in [0, 0.1) is 0 Å². The molecule has 66 valence electrons. The number of rotatable bonds is 1. The molecule has 0 aromatic rings. The van der Waals surface area contributed by atoms with Crippen molar-refractivity contribution in [3.63, 3.8) is 0 Å². The standard InChI is InChI=1S/C7H13F2NO/c1-6(2,3)10-5(11)7(4,8)9/h1-4H3,(H,10,11). The second-order valence-corrected chi connectivity index (χ2v) is 3.59. The smallest absolute Gasteiger partial charge is 0.321 e. The number of amides is 1. The predicted octanol–water partition coefficient (Wildman–Crippen LogP) is 1.56. The van der Waals surface area contributed by atoms with Crippen LogP contribution in [0.2, 0.25) is 0 Å². The molecule has 0 heterocycles. The van der Waals surface area contributed by atoms with E-state index in [1.54, 1.807) is 20.8 Å². The number of nitrogens with one attached hydrogen (secondary N) is 1. The minimum absolute atomic E-state index is 0.577. The van der Waals surface area contributed by atoms with Crippen molar-refractivity contribution in [2.45, 2.75) is 39.2 Å². The first-order chi connectivity index (χ1) is 4.63. The summed E-state index contributed by atoms with van der Waals surface area (Å²) in [6.07, 6.45) is 0. The highest BCUT2D eigenvalue weighted by Gasteiger charge is 2.34. The molecule has 0 aliphatic carbocycles. The Morgan fingerprint density at radius 1 is 1.18 bits per heavy atom. The Morgan fingerprint density at radius 3 is 1.64 bits per heavy atom. The van der Waals surface area contributed by atoms with Gasteiger partial charge in [0, 0.05) is 12.5 Å². The maximum atomic E-state index is 12.2. The van der Waals surface area contributed by atoms with Gasteiger partial charge in [-0.1, -0.05) is 0 Å². The third-order valence-electron chi connectivity index (χ3n) is 0.887. The van der Waals surface area contributed by atoms with E-state index in [9.17, 15) is 13.6 Å². The Morgan fingerprint density at radius 2 is 1.55 bits per heavy atom. The Kier molecular flexibility index (Phi) is 2.59. The molecule has 0 aliphatic rings. The number of carbonyl (C=O) groups excluding carboxylic acids is 1. The first-order valence-corrected chi connectivity index (χ1v) is 3.33. The maximum absolute atomic E-state index is 12.2. The van der Waals surface area contributed by atoms with Gasteiger partial charge in [-0.05, 0) is 20.8 Å². The summed E-state index contributed by atoms with van der Waals surface area (Å²) in [4.78, 5) is 10.6. The molecule has 0 saturated heterocycles. The van der Waals surface area contributed by atoms with E-state index in [4.69, 9.17) is 0 Å². The van der Waals surface area contributed by atoms with E-state index >= 15 is 0 Å². The molecule has 0 atom stereocenters. The van der Waals surface area contributed by atoms with Gasteiger partial charge in [0.1, 0.15) is 0 Å². The van der Waals surface area contributed by atoms with E-state index in [0.717, 1.165) is 0 Å². The minimum Gasteiger partial charge on any atom is -0.346 e. The molecule has 2 nitrogen and oxygen atoms in total. The highest BCUT2D eigenvalue weighted by atomic mass is 19.3. The van der Waals surface area contributed by atoms with E-state index in [1.807, 2.05) is 0 Å². The van der Waals surface area contributed by atoms with Crippen molar-refractivity contribution in [1.29, 1.82) is 0 Å². The summed E-state index contributed by atoms with van der Waals surface area (Å²) in [7, 11) is 0. The van der Waals surface area contributed by atoms with Gasteiger partial charge in [0.15, 0.2) is 0 Å². The van der Waals surface area contributed by atoms with Crippen molar-refractivity contribution in [3.8, 4) is 0 Å². The minimum atomic E-state index is -3.28. The number of carbonyl (C=O) groups is 1. The van der Waals surface area contributed by atoms with Crippen molar-refractivity contribution >= 4 is 5.91 Å². The molecule has 0 spiro atoms. The topological polar surface area (TPSA) is 29.1 Å². The number of hydrogen-bond donors (Lipinski definition) is 1. The van der Waals surface area contributed by atoms with E-state index in [2.05, 4.69) is 5.32 Å². The van der Waals surface area contributed by atoms with Crippen LogP contribution in [0.25, 0.3) is 0 Å². The van der Waals surface area contributed by atoms with Crippen molar-refractivity contribution in [2.24, 2.45) is 0 Å². The van der Waals surface area contributed by atoms with Crippen LogP contribution in [0.15, 0.2) is 0 Å². The molecule has 0 bridgehead atoms.